The molecule has 1 unspecified atom stereocenters. The number of alkyl carbamates (subject to hydrolysis) is 1. The Morgan fingerprint density at radius 3 is 2.03 bits per heavy atom. The Hall–Kier alpha value is -3.35. The molecule has 0 aromatic heterocycles. The van der Waals surface area contributed by atoms with E-state index >= 15 is 0 Å². The Bertz CT molecular complexity index is 976. The molecule has 7 heteroatoms. The topological polar surface area (TPSA) is 105 Å². The number of fused-ring (bicyclic) bond motifs is 3. The number of hydrogen-bond donors (Lipinski definition) is 3. The molecular formula is C28H36N2O5. The number of ether oxygens (including phenoxy) is 1. The highest BCUT2D eigenvalue weighted by molar-refractivity contribution is 5.86. The lowest BCUT2D eigenvalue weighted by atomic mass is 9.98. The Labute approximate surface area is 207 Å². The van der Waals surface area contributed by atoms with Gasteiger partial charge in [0.05, 0.1) is 6.42 Å². The zero-order chi connectivity index (χ0) is 25.2. The molecule has 0 saturated heterocycles. The minimum atomic E-state index is -0.957. The highest BCUT2D eigenvalue weighted by Crippen LogP contribution is 2.44. The number of rotatable bonds is 13. The van der Waals surface area contributed by atoms with Crippen molar-refractivity contribution in [2.75, 3.05) is 6.61 Å². The summed E-state index contributed by atoms with van der Waals surface area (Å²) < 4.78 is 5.61. The number of unbranched alkanes of at least 4 members (excludes halogenated alkanes) is 2. The van der Waals surface area contributed by atoms with E-state index in [9.17, 15) is 19.5 Å². The number of benzene rings is 2. The van der Waals surface area contributed by atoms with E-state index in [1.807, 2.05) is 38.1 Å². The van der Waals surface area contributed by atoms with Crippen molar-refractivity contribution < 1.29 is 24.2 Å². The fourth-order valence-electron chi connectivity index (χ4n) is 4.65. The zero-order valence-electron chi connectivity index (χ0n) is 20.6. The van der Waals surface area contributed by atoms with Gasteiger partial charge in [-0.2, -0.15) is 0 Å². The largest absolute Gasteiger partial charge is 0.481 e. The number of hydrogen-bond acceptors (Lipinski definition) is 4. The van der Waals surface area contributed by atoms with Gasteiger partial charge in [0.25, 0.3) is 0 Å². The molecule has 0 radical (unpaired) electrons. The van der Waals surface area contributed by atoms with Crippen molar-refractivity contribution in [1.82, 2.24) is 10.6 Å². The van der Waals surface area contributed by atoms with Crippen LogP contribution in [0.1, 0.15) is 75.8 Å². The molecule has 2 atom stereocenters. The summed E-state index contributed by atoms with van der Waals surface area (Å²) in [7, 11) is 0. The molecule has 7 nitrogen and oxygen atoms in total. The minimum Gasteiger partial charge on any atom is -0.481 e. The lowest BCUT2D eigenvalue weighted by Crippen LogP contribution is -2.50. The number of carboxylic acids is 1. The highest BCUT2D eigenvalue weighted by Gasteiger charge is 2.30. The summed E-state index contributed by atoms with van der Waals surface area (Å²) >= 11 is 0. The molecule has 2 aromatic rings. The third-order valence-electron chi connectivity index (χ3n) is 6.47. The van der Waals surface area contributed by atoms with Crippen LogP contribution < -0.4 is 10.6 Å². The van der Waals surface area contributed by atoms with Crippen LogP contribution in [0.4, 0.5) is 4.79 Å². The molecule has 2 amide bonds. The van der Waals surface area contributed by atoms with Crippen molar-refractivity contribution in [3.63, 3.8) is 0 Å². The van der Waals surface area contributed by atoms with Crippen LogP contribution in [0.15, 0.2) is 48.5 Å². The van der Waals surface area contributed by atoms with E-state index < -0.39 is 24.1 Å². The molecule has 1 aliphatic carbocycles. The van der Waals surface area contributed by atoms with Crippen LogP contribution in [0.2, 0.25) is 0 Å². The molecular weight excluding hydrogens is 444 g/mol. The number of amides is 2. The fraction of sp³-hybridized carbons (Fsp3) is 0.464. The van der Waals surface area contributed by atoms with Gasteiger partial charge >= 0.3 is 12.1 Å². The maximum absolute atomic E-state index is 13.0. The standard InChI is InChI=1S/C28H36N2O5/c1-3-5-11-19(17-26(31)32)29-27(33)25(16-6-4-2)30-28(34)35-18-24-22-14-9-7-12-20(22)21-13-8-10-15-23(21)24/h7-10,12-15,19,24-25H,3-6,11,16-18H2,1-2H3,(H,29,33)(H,30,34)(H,31,32)/t19-,25?/m0/s1. The van der Waals surface area contributed by atoms with E-state index in [2.05, 4.69) is 34.9 Å². The van der Waals surface area contributed by atoms with E-state index in [0.717, 1.165) is 47.9 Å². The molecule has 0 saturated carbocycles. The Balaban J connectivity index is 1.63. The van der Waals surface area contributed by atoms with E-state index in [4.69, 9.17) is 4.74 Å². The van der Waals surface area contributed by atoms with Gasteiger partial charge in [0.1, 0.15) is 12.6 Å². The van der Waals surface area contributed by atoms with Crippen molar-refractivity contribution in [2.24, 2.45) is 0 Å². The van der Waals surface area contributed by atoms with Crippen LogP contribution in [0.5, 0.6) is 0 Å². The van der Waals surface area contributed by atoms with Gasteiger partial charge in [-0.3, -0.25) is 9.59 Å². The summed E-state index contributed by atoms with van der Waals surface area (Å²) in [5.41, 5.74) is 4.53. The summed E-state index contributed by atoms with van der Waals surface area (Å²) in [6.07, 6.45) is 3.59. The van der Waals surface area contributed by atoms with Gasteiger partial charge in [-0.25, -0.2) is 4.79 Å². The van der Waals surface area contributed by atoms with Crippen LogP contribution >= 0.6 is 0 Å². The summed E-state index contributed by atoms with van der Waals surface area (Å²) in [4.78, 5) is 36.9. The number of carbonyl (C=O) groups is 3. The summed E-state index contributed by atoms with van der Waals surface area (Å²) in [5, 5.41) is 14.7. The molecule has 0 spiro atoms. The van der Waals surface area contributed by atoms with Crippen LogP contribution in [0.3, 0.4) is 0 Å². The van der Waals surface area contributed by atoms with E-state index in [1.165, 1.54) is 0 Å². The molecule has 2 aromatic carbocycles. The molecule has 0 bridgehead atoms. The second kappa shape index (κ2) is 12.9. The summed E-state index contributed by atoms with van der Waals surface area (Å²) in [6, 6.07) is 15.0. The van der Waals surface area contributed by atoms with Gasteiger partial charge in [-0.05, 0) is 35.1 Å². The lowest BCUT2D eigenvalue weighted by Gasteiger charge is -2.23. The first-order valence-corrected chi connectivity index (χ1v) is 12.6. The van der Waals surface area contributed by atoms with Gasteiger partial charge in [-0.15, -0.1) is 0 Å². The third-order valence-corrected chi connectivity index (χ3v) is 6.47. The molecule has 0 fully saturated rings. The predicted octanol–water partition coefficient (Wildman–Crippen LogP) is 5.23. The second-order valence-electron chi connectivity index (χ2n) is 9.11. The Morgan fingerprint density at radius 2 is 1.46 bits per heavy atom. The molecule has 1 aliphatic rings. The monoisotopic (exact) mass is 480 g/mol. The first-order chi connectivity index (χ1) is 16.9. The van der Waals surface area contributed by atoms with Crippen LogP contribution in [0, 0.1) is 0 Å². The maximum atomic E-state index is 13.0. The summed E-state index contributed by atoms with van der Waals surface area (Å²) in [5.74, 6) is -1.39. The van der Waals surface area contributed by atoms with Crippen molar-refractivity contribution >= 4 is 18.0 Å². The van der Waals surface area contributed by atoms with Crippen molar-refractivity contribution in [2.45, 2.75) is 76.8 Å². The Kier molecular flexibility index (Phi) is 9.70. The quantitative estimate of drug-likeness (QED) is 0.364. The van der Waals surface area contributed by atoms with E-state index in [1.54, 1.807) is 0 Å². The average Bonchev–Trinajstić information content (AvgIpc) is 3.17. The van der Waals surface area contributed by atoms with Gasteiger partial charge in [0.15, 0.2) is 0 Å². The molecule has 3 rings (SSSR count). The first kappa shape index (κ1) is 26.3. The number of aliphatic carboxylic acids is 1. The second-order valence-corrected chi connectivity index (χ2v) is 9.11. The lowest BCUT2D eigenvalue weighted by molar-refractivity contribution is -0.137. The van der Waals surface area contributed by atoms with Crippen molar-refractivity contribution in [3.8, 4) is 11.1 Å². The smallest absolute Gasteiger partial charge is 0.407 e. The number of carbonyl (C=O) groups excluding carboxylic acids is 2. The zero-order valence-corrected chi connectivity index (χ0v) is 20.6. The molecule has 35 heavy (non-hydrogen) atoms. The highest BCUT2D eigenvalue weighted by atomic mass is 16.5. The van der Waals surface area contributed by atoms with Crippen molar-refractivity contribution in [3.05, 3.63) is 59.7 Å². The molecule has 0 aliphatic heterocycles. The maximum Gasteiger partial charge on any atom is 0.407 e. The van der Waals surface area contributed by atoms with Crippen LogP contribution in [-0.4, -0.2) is 41.8 Å². The summed E-state index contributed by atoms with van der Waals surface area (Å²) in [6.45, 7) is 4.19. The fourth-order valence-corrected chi connectivity index (χ4v) is 4.65. The SMILES string of the molecule is CCCCC(NC(=O)OCC1c2ccccc2-c2ccccc21)C(=O)N[C@@H](CCCC)CC(=O)O. The molecule has 188 valence electrons. The number of carboxylic acid groups (broad SMARTS) is 1. The first-order valence-electron chi connectivity index (χ1n) is 12.6. The van der Waals surface area contributed by atoms with Gasteiger partial charge in [0, 0.05) is 12.0 Å². The average molecular weight is 481 g/mol. The predicted molar refractivity (Wildman–Crippen MR) is 135 cm³/mol. The Morgan fingerprint density at radius 1 is 0.886 bits per heavy atom. The van der Waals surface area contributed by atoms with Crippen LogP contribution in [-0.2, 0) is 14.3 Å². The van der Waals surface area contributed by atoms with E-state index in [0.29, 0.717) is 12.8 Å². The van der Waals surface area contributed by atoms with Crippen LogP contribution in [0.25, 0.3) is 11.1 Å². The molecule has 0 heterocycles. The molecule has 3 N–H and O–H groups in total. The number of nitrogens with one attached hydrogen (secondary N) is 2. The van der Waals surface area contributed by atoms with Gasteiger partial charge < -0.3 is 20.5 Å². The van der Waals surface area contributed by atoms with Gasteiger partial charge in [-0.1, -0.05) is 88.1 Å². The third kappa shape index (κ3) is 7.07. The minimum absolute atomic E-state index is 0.0648. The van der Waals surface area contributed by atoms with Crippen molar-refractivity contribution in [1.29, 1.82) is 0 Å². The van der Waals surface area contributed by atoms with Gasteiger partial charge in [0.2, 0.25) is 5.91 Å². The normalized spacial score (nSPS) is 13.9. The van der Waals surface area contributed by atoms with E-state index in [-0.39, 0.29) is 24.9 Å².